The van der Waals surface area contributed by atoms with Gasteiger partial charge in [0, 0.05) is 5.56 Å². The zero-order chi connectivity index (χ0) is 22.4. The molecule has 0 amide bonds. The molecule has 0 saturated heterocycles. The second kappa shape index (κ2) is 10.6. The Labute approximate surface area is 183 Å². The summed E-state index contributed by atoms with van der Waals surface area (Å²) in [6.07, 6.45) is 6.82. The van der Waals surface area contributed by atoms with Gasteiger partial charge >= 0.3 is 0 Å². The van der Waals surface area contributed by atoms with Crippen molar-refractivity contribution >= 4 is 20.1 Å². The molecule has 162 valence electrons. The predicted molar refractivity (Wildman–Crippen MR) is 127 cm³/mol. The first-order valence-corrected chi connectivity index (χ1v) is 11.5. The monoisotopic (exact) mass is 440 g/mol. The third-order valence-electron chi connectivity index (χ3n) is 5.31. The van der Waals surface area contributed by atoms with E-state index < -0.39 is 6.43 Å². The fourth-order valence-electron chi connectivity index (χ4n) is 3.89. The Morgan fingerprint density at radius 1 is 1.03 bits per heavy atom. The Bertz CT molecular complexity index is 1150. The molecule has 6 heteroatoms. The molecule has 2 atom stereocenters. The van der Waals surface area contributed by atoms with Crippen molar-refractivity contribution in [2.75, 3.05) is 6.66 Å². The van der Waals surface area contributed by atoms with E-state index in [-0.39, 0.29) is 17.2 Å². The number of nitrogens with zero attached hydrogens (tertiary/aromatic N) is 2. The van der Waals surface area contributed by atoms with Crippen LogP contribution < -0.4 is 5.56 Å². The molecule has 0 spiro atoms. The molecule has 0 aliphatic heterocycles. The summed E-state index contributed by atoms with van der Waals surface area (Å²) in [4.78, 5) is 18.0. The molecule has 0 saturated carbocycles. The summed E-state index contributed by atoms with van der Waals surface area (Å²) in [5, 5.41) is 0.346. The van der Waals surface area contributed by atoms with Gasteiger partial charge in [-0.3, -0.25) is 9.36 Å². The van der Waals surface area contributed by atoms with Gasteiger partial charge in [0.25, 0.3) is 12.0 Å². The lowest BCUT2D eigenvalue weighted by Crippen LogP contribution is -2.29. The standard InChI is InChI=1S/C24H22F2N2O.CH5P/c1-16-27-21-15-19(23(25)26)13-14-20(21)24(29)28(16)22(18-11-7-4-8-12-18)17-9-5-2-3-6-10-17;1-2/h4-5,7-15,22-23H,2-3,6H2,1H3;2H2,1H3. The lowest BCUT2D eigenvalue weighted by Gasteiger charge is -2.24. The smallest absolute Gasteiger partial charge is 0.263 e. The van der Waals surface area contributed by atoms with Crippen molar-refractivity contribution in [2.45, 2.75) is 38.7 Å². The molecule has 1 aliphatic rings. The van der Waals surface area contributed by atoms with Crippen molar-refractivity contribution in [3.63, 3.8) is 0 Å². The van der Waals surface area contributed by atoms with Gasteiger partial charge in [-0.2, -0.15) is 0 Å². The summed E-state index contributed by atoms with van der Waals surface area (Å²) in [5.41, 5.74) is 1.99. The molecule has 4 rings (SSSR count). The predicted octanol–water partition coefficient (Wildman–Crippen LogP) is 6.39. The van der Waals surface area contributed by atoms with Gasteiger partial charge in [-0.05, 0) is 49.5 Å². The van der Waals surface area contributed by atoms with Gasteiger partial charge in [0.05, 0.1) is 16.9 Å². The van der Waals surface area contributed by atoms with Gasteiger partial charge < -0.3 is 0 Å². The summed E-state index contributed by atoms with van der Waals surface area (Å²) in [6, 6.07) is 13.6. The maximum Gasteiger partial charge on any atom is 0.263 e. The van der Waals surface area contributed by atoms with E-state index in [2.05, 4.69) is 32.5 Å². The second-order valence-corrected chi connectivity index (χ2v) is 7.26. The highest BCUT2D eigenvalue weighted by Gasteiger charge is 2.23. The van der Waals surface area contributed by atoms with Crippen molar-refractivity contribution in [3.8, 4) is 0 Å². The zero-order valence-corrected chi connectivity index (χ0v) is 18.9. The molecular weight excluding hydrogens is 413 g/mol. The third kappa shape index (κ3) is 4.99. The molecular formula is C25H27F2N2OP. The fourth-order valence-corrected chi connectivity index (χ4v) is 3.89. The summed E-state index contributed by atoms with van der Waals surface area (Å²) in [5.74, 6) is 0.501. The highest BCUT2D eigenvalue weighted by molar-refractivity contribution is 7.15. The number of hydrogen-bond donors (Lipinski definition) is 0. The molecule has 0 fully saturated rings. The number of halogens is 2. The number of hydrogen-bond acceptors (Lipinski definition) is 2. The van der Waals surface area contributed by atoms with Crippen molar-refractivity contribution in [1.29, 1.82) is 0 Å². The van der Waals surface area contributed by atoms with Crippen LogP contribution in [0, 0.1) is 6.92 Å². The average molecular weight is 440 g/mol. The number of allylic oxidation sites excluding steroid dienone is 4. The molecule has 1 aromatic heterocycles. The zero-order valence-electron chi connectivity index (χ0n) is 17.8. The lowest BCUT2D eigenvalue weighted by atomic mass is 9.96. The first kappa shape index (κ1) is 23.0. The maximum atomic E-state index is 13.5. The van der Waals surface area contributed by atoms with Gasteiger partial charge in [-0.25, -0.2) is 13.8 Å². The third-order valence-corrected chi connectivity index (χ3v) is 5.31. The van der Waals surface area contributed by atoms with E-state index in [0.717, 1.165) is 30.4 Å². The molecule has 0 bridgehead atoms. The van der Waals surface area contributed by atoms with Crippen LogP contribution in [0.5, 0.6) is 0 Å². The highest BCUT2D eigenvalue weighted by Crippen LogP contribution is 2.30. The van der Waals surface area contributed by atoms with Crippen LogP contribution in [0.3, 0.4) is 0 Å². The van der Waals surface area contributed by atoms with Crippen LogP contribution in [0.1, 0.15) is 48.7 Å². The minimum atomic E-state index is -2.60. The average Bonchev–Trinajstić information content (AvgIpc) is 3.07. The van der Waals surface area contributed by atoms with Crippen LogP contribution in [0.4, 0.5) is 8.78 Å². The molecule has 31 heavy (non-hydrogen) atoms. The Kier molecular flexibility index (Phi) is 7.86. The van der Waals surface area contributed by atoms with Gasteiger partial charge in [-0.1, -0.05) is 61.3 Å². The molecule has 0 N–H and O–H groups in total. The van der Waals surface area contributed by atoms with Crippen LogP contribution in [-0.4, -0.2) is 16.2 Å². The number of rotatable bonds is 4. The largest absolute Gasteiger partial charge is 0.285 e. The summed E-state index contributed by atoms with van der Waals surface area (Å²) >= 11 is 0. The van der Waals surface area contributed by atoms with Crippen molar-refractivity contribution in [3.05, 3.63) is 99.6 Å². The molecule has 3 nitrogen and oxygen atoms in total. The van der Waals surface area contributed by atoms with E-state index >= 15 is 0 Å². The summed E-state index contributed by atoms with van der Waals surface area (Å²) < 4.78 is 27.8. The van der Waals surface area contributed by atoms with E-state index in [1.165, 1.54) is 18.2 Å². The van der Waals surface area contributed by atoms with Crippen LogP contribution >= 0.6 is 9.24 Å². The van der Waals surface area contributed by atoms with Gasteiger partial charge in [0.2, 0.25) is 0 Å². The maximum absolute atomic E-state index is 13.5. The van der Waals surface area contributed by atoms with Crippen molar-refractivity contribution in [1.82, 2.24) is 9.55 Å². The summed E-state index contributed by atoms with van der Waals surface area (Å²) in [6.45, 7) is 3.67. The van der Waals surface area contributed by atoms with Gasteiger partial charge in [-0.15, -0.1) is 9.24 Å². The minimum Gasteiger partial charge on any atom is -0.285 e. The number of alkyl halides is 2. The van der Waals surface area contributed by atoms with Crippen LogP contribution in [0.25, 0.3) is 10.9 Å². The van der Waals surface area contributed by atoms with E-state index in [4.69, 9.17) is 0 Å². The lowest BCUT2D eigenvalue weighted by molar-refractivity contribution is 0.151. The van der Waals surface area contributed by atoms with Crippen LogP contribution in [-0.2, 0) is 0 Å². The first-order valence-electron chi connectivity index (χ1n) is 10.4. The highest BCUT2D eigenvalue weighted by atomic mass is 31.0. The van der Waals surface area contributed by atoms with E-state index in [1.807, 2.05) is 37.0 Å². The number of benzene rings is 2. The molecule has 0 radical (unpaired) electrons. The molecule has 1 aliphatic carbocycles. The molecule has 1 heterocycles. The first-order chi connectivity index (χ1) is 15.1. The number of aryl methyl sites for hydroxylation is 1. The normalized spacial score (nSPS) is 14.6. The summed E-state index contributed by atoms with van der Waals surface area (Å²) in [7, 11) is 2.42. The number of aromatic nitrogens is 2. The Morgan fingerprint density at radius 2 is 1.77 bits per heavy atom. The number of fused-ring (bicyclic) bond motifs is 1. The fraction of sp³-hybridized carbons (Fsp3) is 0.280. The van der Waals surface area contributed by atoms with Crippen LogP contribution in [0.2, 0.25) is 0 Å². The van der Waals surface area contributed by atoms with Crippen LogP contribution in [0.15, 0.2) is 77.1 Å². The quantitative estimate of drug-likeness (QED) is 0.441. The van der Waals surface area contributed by atoms with Gasteiger partial charge in [0.15, 0.2) is 0 Å². The molecule has 3 aromatic rings. The van der Waals surface area contributed by atoms with E-state index in [0.29, 0.717) is 16.7 Å². The topological polar surface area (TPSA) is 34.9 Å². The van der Waals surface area contributed by atoms with Gasteiger partial charge in [0.1, 0.15) is 5.82 Å². The second-order valence-electron chi connectivity index (χ2n) is 7.26. The Hall–Kier alpha value is -2.65. The molecule has 2 aromatic carbocycles. The molecule has 2 unspecified atom stereocenters. The van der Waals surface area contributed by atoms with E-state index in [9.17, 15) is 13.6 Å². The SMILES string of the molecule is CP.Cc1nc2cc(C(F)F)ccc2c(=O)n1C(C1=CCCCC=C1)c1ccccc1. The minimum absolute atomic E-state index is 0.129. The van der Waals surface area contributed by atoms with Crippen molar-refractivity contribution < 1.29 is 8.78 Å². The Morgan fingerprint density at radius 3 is 2.48 bits per heavy atom. The van der Waals surface area contributed by atoms with E-state index in [1.54, 1.807) is 11.5 Å². The Balaban J connectivity index is 0.00000132. The van der Waals surface area contributed by atoms with Crippen molar-refractivity contribution in [2.24, 2.45) is 0 Å².